The number of nitrogens with zero attached hydrogens (tertiary/aromatic N) is 2. The van der Waals surface area contributed by atoms with Gasteiger partial charge in [0.05, 0.1) is 29.3 Å². The zero-order valence-corrected chi connectivity index (χ0v) is 23.5. The van der Waals surface area contributed by atoms with Gasteiger partial charge in [-0.2, -0.15) is 0 Å². The van der Waals surface area contributed by atoms with Crippen molar-refractivity contribution in [1.82, 2.24) is 14.3 Å². The van der Waals surface area contributed by atoms with Crippen LogP contribution in [0.5, 0.6) is 11.6 Å². The number of aromatic nitrogens is 2. The molecule has 0 fully saturated rings. The summed E-state index contributed by atoms with van der Waals surface area (Å²) in [6.07, 6.45) is -0.584. The second kappa shape index (κ2) is 9.98. The van der Waals surface area contributed by atoms with E-state index in [1.165, 1.54) is 36.2 Å². The highest BCUT2D eigenvalue weighted by molar-refractivity contribution is 7.90. The molecule has 1 N–H and O–H groups in total. The predicted octanol–water partition coefficient (Wildman–Crippen LogP) is 5.11. The Kier molecular flexibility index (Phi) is 6.79. The van der Waals surface area contributed by atoms with E-state index in [2.05, 4.69) is 10.3 Å². The van der Waals surface area contributed by atoms with Crippen molar-refractivity contribution in [3.63, 3.8) is 0 Å². The number of benzene rings is 2. The third-order valence-electron chi connectivity index (χ3n) is 6.33. The second-order valence-corrected chi connectivity index (χ2v) is 12.2. The quantitative estimate of drug-likeness (QED) is 0.321. The van der Waals surface area contributed by atoms with Crippen molar-refractivity contribution in [2.75, 3.05) is 13.7 Å². The molecule has 5 rings (SSSR count). The average molecular weight is 564 g/mol. The third kappa shape index (κ3) is 5.00. The third-order valence-corrected chi connectivity index (χ3v) is 8.07. The van der Waals surface area contributed by atoms with Gasteiger partial charge in [-0.05, 0) is 51.1 Å². The van der Waals surface area contributed by atoms with E-state index in [4.69, 9.17) is 14.2 Å². The number of Topliss-reactive ketones (excluding diaryl/α,β-unsaturated/α-hetero) is 1. The molecular formula is C29H29N3O7S. The van der Waals surface area contributed by atoms with Crippen LogP contribution in [-0.4, -0.2) is 48.6 Å². The number of hydrogen-bond donors (Lipinski definition) is 1. The molecule has 1 aliphatic heterocycles. The average Bonchev–Trinajstić information content (AvgIpc) is 3.49. The van der Waals surface area contributed by atoms with Crippen molar-refractivity contribution < 1.29 is 32.2 Å². The van der Waals surface area contributed by atoms with Crippen LogP contribution in [0.2, 0.25) is 0 Å². The number of amides is 1. The highest BCUT2D eigenvalue weighted by atomic mass is 32.2. The van der Waals surface area contributed by atoms with Crippen LogP contribution in [0, 0.1) is 0 Å². The van der Waals surface area contributed by atoms with E-state index in [0.29, 0.717) is 33.5 Å². The van der Waals surface area contributed by atoms with Gasteiger partial charge in [-0.1, -0.05) is 24.3 Å². The monoisotopic (exact) mass is 563 g/mol. The molecular weight excluding hydrogens is 534 g/mol. The minimum atomic E-state index is -4.10. The summed E-state index contributed by atoms with van der Waals surface area (Å²) >= 11 is 0. The number of carbonyl (C=O) groups is 2. The molecule has 3 heterocycles. The fourth-order valence-corrected chi connectivity index (χ4v) is 6.15. The summed E-state index contributed by atoms with van der Waals surface area (Å²) in [4.78, 5) is 29.0. The van der Waals surface area contributed by atoms with Crippen molar-refractivity contribution >= 4 is 32.8 Å². The Balaban J connectivity index is 1.72. The molecule has 10 nitrogen and oxygen atoms in total. The highest BCUT2D eigenvalue weighted by Gasteiger charge is 2.33. The van der Waals surface area contributed by atoms with Gasteiger partial charge in [-0.25, -0.2) is 22.2 Å². The molecule has 1 atom stereocenters. The summed E-state index contributed by atoms with van der Waals surface area (Å²) in [6.45, 7) is 6.85. The van der Waals surface area contributed by atoms with E-state index in [1.807, 2.05) is 0 Å². The normalized spacial score (nSPS) is 14.9. The van der Waals surface area contributed by atoms with E-state index in [0.717, 1.165) is 0 Å². The number of ether oxygens (including phenoxy) is 3. The lowest BCUT2D eigenvalue weighted by Gasteiger charge is -2.21. The van der Waals surface area contributed by atoms with Crippen molar-refractivity contribution in [1.29, 1.82) is 0 Å². The van der Waals surface area contributed by atoms with Gasteiger partial charge in [0.15, 0.2) is 5.78 Å². The molecule has 2 aromatic carbocycles. The van der Waals surface area contributed by atoms with E-state index in [9.17, 15) is 18.0 Å². The van der Waals surface area contributed by atoms with Crippen molar-refractivity contribution in [2.24, 2.45) is 0 Å². The van der Waals surface area contributed by atoms with Gasteiger partial charge in [0, 0.05) is 29.5 Å². The molecule has 1 unspecified atom stereocenters. The van der Waals surface area contributed by atoms with E-state index in [1.54, 1.807) is 63.2 Å². The molecule has 1 amide bonds. The number of alkyl carbamates (subject to hydrolysis) is 1. The van der Waals surface area contributed by atoms with Gasteiger partial charge in [-0.15, -0.1) is 0 Å². The first-order valence-electron chi connectivity index (χ1n) is 12.6. The topological polar surface area (TPSA) is 126 Å². The lowest BCUT2D eigenvalue weighted by Crippen LogP contribution is -2.35. The molecule has 11 heteroatoms. The van der Waals surface area contributed by atoms with E-state index in [-0.39, 0.29) is 28.9 Å². The first-order valence-corrected chi connectivity index (χ1v) is 14.0. The van der Waals surface area contributed by atoms with Crippen LogP contribution in [0.4, 0.5) is 4.79 Å². The smallest absolute Gasteiger partial charge is 0.408 e. The van der Waals surface area contributed by atoms with Crippen LogP contribution in [0.1, 0.15) is 49.8 Å². The lowest BCUT2D eigenvalue weighted by molar-refractivity contribution is 0.0496. The molecule has 0 bridgehead atoms. The van der Waals surface area contributed by atoms with Crippen LogP contribution >= 0.6 is 0 Å². The highest BCUT2D eigenvalue weighted by Crippen LogP contribution is 2.43. The van der Waals surface area contributed by atoms with Crippen molar-refractivity contribution in [3.05, 3.63) is 71.9 Å². The second-order valence-electron chi connectivity index (χ2n) is 10.4. The summed E-state index contributed by atoms with van der Waals surface area (Å²) in [5, 5.41) is 3.36. The predicted molar refractivity (Wildman–Crippen MR) is 148 cm³/mol. The minimum absolute atomic E-state index is 0.0902. The Hall–Kier alpha value is -4.38. The SMILES string of the molecule is COc1cc(-c2cc3c4c(ccc3n2S(=O)(=O)c2ccccc2)C(NC(=O)OC(C)(C)C)CO4)cc(C(C)=O)n1. The van der Waals surface area contributed by atoms with Gasteiger partial charge < -0.3 is 19.5 Å². The summed E-state index contributed by atoms with van der Waals surface area (Å²) in [5.74, 6) is 0.323. The number of nitrogens with one attached hydrogen (secondary N) is 1. The number of rotatable bonds is 6. The minimum Gasteiger partial charge on any atom is -0.490 e. The molecule has 0 saturated heterocycles. The number of methoxy groups -OCH3 is 1. The van der Waals surface area contributed by atoms with Crippen LogP contribution in [0.15, 0.2) is 65.6 Å². The molecule has 4 aromatic rings. The largest absolute Gasteiger partial charge is 0.490 e. The summed E-state index contributed by atoms with van der Waals surface area (Å²) in [5.41, 5.74) is 1.24. The van der Waals surface area contributed by atoms with Gasteiger partial charge in [0.25, 0.3) is 10.0 Å². The Morgan fingerprint density at radius 1 is 1.07 bits per heavy atom. The van der Waals surface area contributed by atoms with Crippen LogP contribution < -0.4 is 14.8 Å². The van der Waals surface area contributed by atoms with E-state index >= 15 is 0 Å². The number of ketones is 1. The fraction of sp³-hybridized carbons (Fsp3) is 0.276. The summed E-state index contributed by atoms with van der Waals surface area (Å²) < 4.78 is 46.1. The molecule has 208 valence electrons. The van der Waals surface area contributed by atoms with Crippen molar-refractivity contribution in [3.8, 4) is 22.9 Å². The van der Waals surface area contributed by atoms with Gasteiger partial charge >= 0.3 is 6.09 Å². The van der Waals surface area contributed by atoms with Crippen LogP contribution in [-0.2, 0) is 14.8 Å². The number of carbonyl (C=O) groups excluding carboxylic acids is 2. The van der Waals surface area contributed by atoms with Gasteiger partial charge in [-0.3, -0.25) is 4.79 Å². The number of fused-ring (bicyclic) bond motifs is 3. The maximum absolute atomic E-state index is 14.1. The van der Waals surface area contributed by atoms with E-state index < -0.39 is 27.8 Å². The summed E-state index contributed by atoms with van der Waals surface area (Å²) in [7, 11) is -2.68. The molecule has 0 aliphatic carbocycles. The van der Waals surface area contributed by atoms with Crippen LogP contribution in [0.3, 0.4) is 0 Å². The first kappa shape index (κ1) is 27.2. The standard InChI is InChI=1S/C29H29N3O7S/c1-17(33)22-13-18(14-26(30-22)37-5)25-15-21-24(32(25)40(35,36)19-9-7-6-8-10-19)12-11-20-23(16-38-27(20)21)31-28(34)39-29(2,3)4/h6-15,23H,16H2,1-5H3,(H,31,34). The Bertz CT molecular complexity index is 1740. The van der Waals surface area contributed by atoms with Gasteiger partial charge in [0.2, 0.25) is 5.88 Å². The maximum atomic E-state index is 14.1. The van der Waals surface area contributed by atoms with Crippen LogP contribution in [0.25, 0.3) is 22.2 Å². The lowest BCUT2D eigenvalue weighted by atomic mass is 10.1. The zero-order chi connectivity index (χ0) is 28.8. The molecule has 2 aromatic heterocycles. The van der Waals surface area contributed by atoms with Gasteiger partial charge in [0.1, 0.15) is 23.7 Å². The Morgan fingerprint density at radius 3 is 2.45 bits per heavy atom. The molecule has 40 heavy (non-hydrogen) atoms. The Morgan fingerprint density at radius 2 is 1.80 bits per heavy atom. The fourth-order valence-electron chi connectivity index (χ4n) is 4.60. The number of pyridine rings is 1. The van der Waals surface area contributed by atoms with Crippen molar-refractivity contribution in [2.45, 2.75) is 44.2 Å². The maximum Gasteiger partial charge on any atom is 0.408 e. The number of hydrogen-bond acceptors (Lipinski definition) is 8. The Labute approximate surface area is 231 Å². The molecule has 0 saturated carbocycles. The summed E-state index contributed by atoms with van der Waals surface area (Å²) in [6, 6.07) is 15.8. The first-order chi connectivity index (χ1) is 18.9. The molecule has 0 radical (unpaired) electrons. The molecule has 1 aliphatic rings. The molecule has 0 spiro atoms. The zero-order valence-electron chi connectivity index (χ0n) is 22.7.